The Morgan fingerprint density at radius 3 is 2.37 bits per heavy atom. The highest BCUT2D eigenvalue weighted by Gasteiger charge is 2.76. The van der Waals surface area contributed by atoms with Crippen molar-refractivity contribution in [2.75, 3.05) is 26.7 Å². The van der Waals surface area contributed by atoms with Crippen LogP contribution in [0.1, 0.15) is 49.7 Å². The summed E-state index contributed by atoms with van der Waals surface area (Å²) in [6.45, 7) is 4.44. The molecule has 4 amide bonds. The van der Waals surface area contributed by atoms with Gasteiger partial charge in [0.25, 0.3) is 11.8 Å². The second-order valence-corrected chi connectivity index (χ2v) is 14.4. The summed E-state index contributed by atoms with van der Waals surface area (Å²) in [6.07, 6.45) is 3.57. The van der Waals surface area contributed by atoms with Crippen LogP contribution in [0.2, 0.25) is 0 Å². The fourth-order valence-electron chi connectivity index (χ4n) is 8.66. The maximum atomic E-state index is 14.4. The molecule has 6 unspecified atom stereocenters. The van der Waals surface area contributed by atoms with Crippen molar-refractivity contribution < 1.29 is 29.0 Å². The summed E-state index contributed by atoms with van der Waals surface area (Å²) in [6, 6.07) is 14.8. The lowest BCUT2D eigenvalue weighted by atomic mass is 9.56. The van der Waals surface area contributed by atoms with Gasteiger partial charge in [0.05, 0.1) is 18.4 Å². The summed E-state index contributed by atoms with van der Waals surface area (Å²) in [4.78, 5) is 56.9. The van der Waals surface area contributed by atoms with Crippen LogP contribution in [-0.2, 0) is 25.7 Å². The van der Waals surface area contributed by atoms with E-state index < -0.39 is 45.2 Å². The highest BCUT2D eigenvalue weighted by atomic mass is 35.5. The molecule has 1 saturated carbocycles. The van der Waals surface area contributed by atoms with E-state index >= 15 is 0 Å². The molecule has 11 heteroatoms. The van der Waals surface area contributed by atoms with Crippen molar-refractivity contribution in [1.29, 1.82) is 0 Å². The summed E-state index contributed by atoms with van der Waals surface area (Å²) in [7, 11) is 1.37. The first kappa shape index (κ1) is 31.2. The molecule has 0 aromatic heterocycles. The van der Waals surface area contributed by atoms with E-state index in [9.17, 15) is 24.3 Å². The SMILES string of the molecule is CCOc1cc(C2C3=CCC4C(=O)N(C5CCN(Cc6ccccc6)CC5)C(=O)C4C3CC3(Cl)C(=O)N(C)C(=O)C23Cl)ccc1O. The standard InChI is InChI=1S/C35H37Cl2N3O6/c1-3-46-27-17-21(9-12-26(27)41)29-23-10-11-24-28(25(23)18-34(36)32(44)38(2)33(45)35(29,34)37)31(43)40(30(24)42)22-13-15-39(16-14-22)19-20-7-5-4-6-8-20/h4-10,12,17,22,24-25,28-29,41H,3,11,13-16,18-19H2,1-2H3. The molecule has 3 heterocycles. The molecule has 5 aliphatic rings. The topological polar surface area (TPSA) is 107 Å². The van der Waals surface area contributed by atoms with Crippen LogP contribution in [0.5, 0.6) is 11.5 Å². The van der Waals surface area contributed by atoms with Crippen molar-refractivity contribution in [3.05, 3.63) is 71.3 Å². The number of carbonyl (C=O) groups excluding carboxylic acids is 4. The van der Waals surface area contributed by atoms with Crippen LogP contribution < -0.4 is 4.74 Å². The van der Waals surface area contributed by atoms with Gasteiger partial charge in [-0.2, -0.15) is 0 Å². The fraction of sp³-hybridized carbons (Fsp3) is 0.486. The third kappa shape index (κ3) is 4.45. The number of likely N-dealkylation sites (tertiary alicyclic amines) is 3. The number of hydrogen-bond acceptors (Lipinski definition) is 7. The Labute approximate surface area is 278 Å². The lowest BCUT2D eigenvalue weighted by Crippen LogP contribution is -2.60. The molecule has 7 rings (SSSR count). The van der Waals surface area contributed by atoms with Crippen LogP contribution >= 0.6 is 23.2 Å². The maximum Gasteiger partial charge on any atom is 0.253 e. The van der Waals surface area contributed by atoms with E-state index in [0.29, 0.717) is 31.4 Å². The zero-order chi connectivity index (χ0) is 32.5. The van der Waals surface area contributed by atoms with Gasteiger partial charge in [0, 0.05) is 38.6 Å². The molecule has 242 valence electrons. The zero-order valence-electron chi connectivity index (χ0n) is 25.8. The Morgan fingerprint density at radius 1 is 0.957 bits per heavy atom. The molecule has 9 nitrogen and oxygen atoms in total. The van der Waals surface area contributed by atoms with E-state index in [1.54, 1.807) is 19.1 Å². The molecule has 46 heavy (non-hydrogen) atoms. The molecule has 1 N–H and O–H groups in total. The average Bonchev–Trinajstić information content (AvgIpc) is 3.38. The summed E-state index contributed by atoms with van der Waals surface area (Å²) in [5.41, 5.74) is 2.48. The monoisotopic (exact) mass is 665 g/mol. The smallest absolute Gasteiger partial charge is 0.253 e. The van der Waals surface area contributed by atoms with E-state index in [-0.39, 0.29) is 35.8 Å². The molecule has 6 atom stereocenters. The molecular formula is C35H37Cl2N3O6. The number of phenols is 1. The normalized spacial score (nSPS) is 33.2. The van der Waals surface area contributed by atoms with Gasteiger partial charge in [-0.1, -0.05) is 48.0 Å². The number of ether oxygens (including phenoxy) is 1. The van der Waals surface area contributed by atoms with Crippen LogP contribution in [0.4, 0.5) is 0 Å². The van der Waals surface area contributed by atoms with Gasteiger partial charge in [-0.25, -0.2) is 0 Å². The number of allylic oxidation sites excluding steroid dienone is 2. The first-order valence-corrected chi connectivity index (χ1v) is 16.8. The Balaban J connectivity index is 1.21. The first-order valence-electron chi connectivity index (χ1n) is 16.0. The summed E-state index contributed by atoms with van der Waals surface area (Å²) in [5, 5.41) is 10.4. The summed E-state index contributed by atoms with van der Waals surface area (Å²) < 4.78 is 5.65. The van der Waals surface area contributed by atoms with E-state index in [0.717, 1.165) is 30.1 Å². The Morgan fingerprint density at radius 2 is 1.67 bits per heavy atom. The Bertz CT molecular complexity index is 1640. The Kier molecular flexibility index (Phi) is 7.73. The van der Waals surface area contributed by atoms with Crippen molar-refractivity contribution in [2.24, 2.45) is 17.8 Å². The molecule has 0 spiro atoms. The van der Waals surface area contributed by atoms with Crippen molar-refractivity contribution in [2.45, 2.75) is 60.9 Å². The summed E-state index contributed by atoms with van der Waals surface area (Å²) in [5.74, 6) is -4.30. The number of phenolic OH excluding ortho intramolecular Hbond substituents is 1. The van der Waals surface area contributed by atoms with Gasteiger partial charge in [0.15, 0.2) is 21.2 Å². The number of rotatable bonds is 6. The van der Waals surface area contributed by atoms with Crippen LogP contribution in [0.25, 0.3) is 0 Å². The molecular weight excluding hydrogens is 629 g/mol. The molecule has 4 fully saturated rings. The molecule has 2 aliphatic carbocycles. The van der Waals surface area contributed by atoms with Gasteiger partial charge < -0.3 is 9.84 Å². The van der Waals surface area contributed by atoms with Crippen molar-refractivity contribution in [3.63, 3.8) is 0 Å². The van der Waals surface area contributed by atoms with Crippen LogP contribution in [0.3, 0.4) is 0 Å². The maximum absolute atomic E-state index is 14.4. The van der Waals surface area contributed by atoms with Gasteiger partial charge in [-0.15, -0.1) is 23.2 Å². The largest absolute Gasteiger partial charge is 0.504 e. The number of piperidine rings is 1. The predicted octanol–water partition coefficient (Wildman–Crippen LogP) is 4.44. The minimum atomic E-state index is -1.88. The predicted molar refractivity (Wildman–Crippen MR) is 171 cm³/mol. The van der Waals surface area contributed by atoms with Crippen molar-refractivity contribution in [3.8, 4) is 11.5 Å². The number of alkyl halides is 2. The third-order valence-electron chi connectivity index (χ3n) is 10.8. The number of imide groups is 2. The second-order valence-electron chi connectivity index (χ2n) is 13.2. The van der Waals surface area contributed by atoms with Crippen LogP contribution in [0, 0.1) is 17.8 Å². The van der Waals surface area contributed by atoms with E-state index in [4.69, 9.17) is 27.9 Å². The molecule has 2 aromatic carbocycles. The lowest BCUT2D eigenvalue weighted by molar-refractivity contribution is -0.144. The number of aromatic hydroxyl groups is 1. The van der Waals surface area contributed by atoms with Crippen LogP contribution in [-0.4, -0.2) is 86.0 Å². The Hall–Kier alpha value is -3.40. The number of carbonyl (C=O) groups is 4. The lowest BCUT2D eigenvalue weighted by Gasteiger charge is -2.50. The number of amides is 4. The van der Waals surface area contributed by atoms with Crippen molar-refractivity contribution in [1.82, 2.24) is 14.7 Å². The fourth-order valence-corrected chi connectivity index (χ4v) is 9.68. The highest BCUT2D eigenvalue weighted by molar-refractivity contribution is 6.53. The molecule has 0 bridgehead atoms. The number of halogens is 2. The van der Waals surface area contributed by atoms with E-state index in [2.05, 4.69) is 17.0 Å². The number of fused-ring (bicyclic) bond motifs is 4. The second kappa shape index (κ2) is 11.4. The zero-order valence-corrected chi connectivity index (χ0v) is 27.3. The number of benzene rings is 2. The highest BCUT2D eigenvalue weighted by Crippen LogP contribution is 2.65. The quantitative estimate of drug-likeness (QED) is 0.276. The van der Waals surface area contributed by atoms with E-state index in [1.807, 2.05) is 24.3 Å². The van der Waals surface area contributed by atoms with Crippen LogP contribution in [0.15, 0.2) is 60.2 Å². The van der Waals surface area contributed by atoms with Gasteiger partial charge in [-0.05, 0) is 61.8 Å². The van der Waals surface area contributed by atoms with Crippen molar-refractivity contribution >= 4 is 46.8 Å². The third-order valence-corrected chi connectivity index (χ3v) is 12.2. The molecule has 3 saturated heterocycles. The summed E-state index contributed by atoms with van der Waals surface area (Å²) >= 11 is 14.5. The minimum Gasteiger partial charge on any atom is -0.504 e. The van der Waals surface area contributed by atoms with E-state index in [1.165, 1.54) is 23.6 Å². The molecule has 0 radical (unpaired) electrons. The molecule has 2 aromatic rings. The van der Waals surface area contributed by atoms with Gasteiger partial charge in [0.1, 0.15) is 0 Å². The number of nitrogens with zero attached hydrogens (tertiary/aromatic N) is 3. The first-order chi connectivity index (χ1) is 22.0. The average molecular weight is 667 g/mol. The van der Waals surface area contributed by atoms with Gasteiger partial charge in [-0.3, -0.25) is 33.9 Å². The minimum absolute atomic E-state index is 0.0464. The number of hydrogen-bond donors (Lipinski definition) is 1. The molecule has 3 aliphatic heterocycles. The van der Waals surface area contributed by atoms with Gasteiger partial charge >= 0.3 is 0 Å². The van der Waals surface area contributed by atoms with Gasteiger partial charge in [0.2, 0.25) is 11.8 Å².